The Balaban J connectivity index is 1.35. The highest BCUT2D eigenvalue weighted by Crippen LogP contribution is 2.30. The third-order valence-corrected chi connectivity index (χ3v) is 4.85. The molecular formula is C23H16ClF3N4O3. The molecule has 0 aliphatic carbocycles. The highest BCUT2D eigenvalue weighted by atomic mass is 35.5. The van der Waals surface area contributed by atoms with Crippen LogP contribution in [0.15, 0.2) is 77.7 Å². The van der Waals surface area contributed by atoms with Gasteiger partial charge in [-0.2, -0.15) is 13.2 Å². The van der Waals surface area contributed by atoms with E-state index in [1.165, 1.54) is 28.8 Å². The molecule has 4 rings (SSSR count). The van der Waals surface area contributed by atoms with Crippen molar-refractivity contribution in [2.24, 2.45) is 0 Å². The number of hydrogen-bond acceptors (Lipinski definition) is 4. The van der Waals surface area contributed by atoms with Crippen molar-refractivity contribution in [3.63, 3.8) is 0 Å². The van der Waals surface area contributed by atoms with Crippen molar-refractivity contribution in [3.8, 4) is 5.75 Å². The smallest absolute Gasteiger partial charge is 0.416 e. The van der Waals surface area contributed by atoms with E-state index < -0.39 is 17.8 Å². The van der Waals surface area contributed by atoms with E-state index in [1.807, 2.05) is 0 Å². The summed E-state index contributed by atoms with van der Waals surface area (Å²) in [5.74, 6) is 0.460. The number of ether oxygens (including phenoxy) is 1. The molecule has 0 radical (unpaired) electrons. The number of nitrogens with one attached hydrogen (secondary N) is 2. The second-order valence-corrected chi connectivity index (χ2v) is 7.57. The van der Waals surface area contributed by atoms with Crippen molar-refractivity contribution in [1.29, 1.82) is 0 Å². The maximum atomic E-state index is 12.8. The molecule has 2 N–H and O–H groups in total. The molecule has 2 aromatic heterocycles. The van der Waals surface area contributed by atoms with Crippen LogP contribution in [0.1, 0.15) is 11.3 Å². The number of fused-ring (bicyclic) bond motifs is 1. The third kappa shape index (κ3) is 5.65. The first-order valence-corrected chi connectivity index (χ1v) is 10.2. The number of carbonyl (C=O) groups excluding carboxylic acids is 1. The topological polar surface area (TPSA) is 84.7 Å². The molecule has 2 aromatic carbocycles. The fourth-order valence-corrected chi connectivity index (χ4v) is 3.22. The molecule has 11 heteroatoms. The van der Waals surface area contributed by atoms with Crippen LogP contribution in [0.5, 0.6) is 5.75 Å². The van der Waals surface area contributed by atoms with Crippen molar-refractivity contribution < 1.29 is 22.7 Å². The van der Waals surface area contributed by atoms with Crippen LogP contribution in [0.4, 0.5) is 29.3 Å². The number of nitrogens with zero attached hydrogens (tertiary/aromatic N) is 2. The van der Waals surface area contributed by atoms with Gasteiger partial charge in [-0.1, -0.05) is 17.7 Å². The zero-order valence-corrected chi connectivity index (χ0v) is 18.0. The molecule has 0 fully saturated rings. The number of hydrogen-bond donors (Lipinski definition) is 2. The molecule has 0 saturated heterocycles. The lowest BCUT2D eigenvalue weighted by atomic mass is 10.2. The first-order chi connectivity index (χ1) is 16.2. The molecule has 0 bridgehead atoms. The van der Waals surface area contributed by atoms with Crippen molar-refractivity contribution in [3.05, 3.63) is 99.6 Å². The van der Waals surface area contributed by atoms with Crippen molar-refractivity contribution in [1.82, 2.24) is 9.38 Å². The number of pyridine rings is 1. The number of alkyl halides is 3. The summed E-state index contributed by atoms with van der Waals surface area (Å²) >= 11 is 5.90. The van der Waals surface area contributed by atoms with E-state index in [9.17, 15) is 22.8 Å². The van der Waals surface area contributed by atoms with Gasteiger partial charge in [-0.3, -0.25) is 9.20 Å². The van der Waals surface area contributed by atoms with E-state index in [1.54, 1.807) is 36.4 Å². The Kier molecular flexibility index (Phi) is 6.42. The van der Waals surface area contributed by atoms with Gasteiger partial charge in [-0.05, 0) is 54.6 Å². The molecule has 2 heterocycles. The Morgan fingerprint density at radius 1 is 1.00 bits per heavy atom. The fraction of sp³-hybridized carbons (Fsp3) is 0.0870. The van der Waals surface area contributed by atoms with E-state index in [-0.39, 0.29) is 17.9 Å². The van der Waals surface area contributed by atoms with Gasteiger partial charge in [0, 0.05) is 23.6 Å². The largest absolute Gasteiger partial charge is 0.487 e. The molecule has 4 aromatic rings. The van der Waals surface area contributed by atoms with Crippen molar-refractivity contribution in [2.75, 3.05) is 10.6 Å². The summed E-state index contributed by atoms with van der Waals surface area (Å²) < 4.78 is 45.4. The van der Waals surface area contributed by atoms with E-state index in [0.717, 1.165) is 12.1 Å². The van der Waals surface area contributed by atoms with Gasteiger partial charge in [0.15, 0.2) is 0 Å². The van der Waals surface area contributed by atoms with Gasteiger partial charge in [0.2, 0.25) is 0 Å². The van der Waals surface area contributed by atoms with E-state index in [2.05, 4.69) is 15.6 Å². The van der Waals surface area contributed by atoms with Gasteiger partial charge < -0.3 is 15.4 Å². The zero-order chi connectivity index (χ0) is 24.3. The second kappa shape index (κ2) is 9.44. The molecule has 7 nitrogen and oxygen atoms in total. The quantitative estimate of drug-likeness (QED) is 0.383. The van der Waals surface area contributed by atoms with E-state index >= 15 is 0 Å². The summed E-state index contributed by atoms with van der Waals surface area (Å²) in [6, 6.07) is 14.5. The number of carbonyl (C=O) groups is 1. The summed E-state index contributed by atoms with van der Waals surface area (Å²) in [5.41, 5.74) is 0.109. The van der Waals surface area contributed by atoms with Crippen LogP contribution >= 0.6 is 11.6 Å². The molecule has 0 aliphatic heterocycles. The van der Waals surface area contributed by atoms with Crippen molar-refractivity contribution >= 4 is 34.7 Å². The normalized spacial score (nSPS) is 11.3. The summed E-state index contributed by atoms with van der Waals surface area (Å²) in [6.07, 6.45) is -3.03. The van der Waals surface area contributed by atoms with Gasteiger partial charge in [0.05, 0.1) is 16.3 Å². The number of urea groups is 1. The highest BCUT2D eigenvalue weighted by Gasteiger charge is 2.30. The summed E-state index contributed by atoms with van der Waals surface area (Å²) in [7, 11) is 0. The fourth-order valence-electron chi connectivity index (χ4n) is 3.06. The molecule has 0 saturated carbocycles. The van der Waals surface area contributed by atoms with Crippen LogP contribution < -0.4 is 20.9 Å². The van der Waals surface area contributed by atoms with Gasteiger partial charge in [-0.25, -0.2) is 9.78 Å². The van der Waals surface area contributed by atoms with Gasteiger partial charge >= 0.3 is 12.2 Å². The van der Waals surface area contributed by atoms with Crippen LogP contribution in [0.2, 0.25) is 5.02 Å². The van der Waals surface area contributed by atoms with Crippen LogP contribution in [0, 0.1) is 0 Å². The molecule has 34 heavy (non-hydrogen) atoms. The lowest BCUT2D eigenvalue weighted by Gasteiger charge is -2.11. The average molecular weight is 489 g/mol. The zero-order valence-electron chi connectivity index (χ0n) is 17.3. The number of rotatable bonds is 5. The molecule has 0 unspecified atom stereocenters. The molecular weight excluding hydrogens is 473 g/mol. The number of amides is 2. The summed E-state index contributed by atoms with van der Waals surface area (Å²) in [4.78, 5) is 28.7. The monoisotopic (exact) mass is 488 g/mol. The SMILES string of the molecule is O=C(Nc1ccc(OCc2cc(=O)n3cc(Cl)ccc3n2)cc1)Nc1cccc(C(F)(F)F)c1. The van der Waals surface area contributed by atoms with Crippen LogP contribution in [0.3, 0.4) is 0 Å². The van der Waals surface area contributed by atoms with E-state index in [0.29, 0.717) is 27.8 Å². The molecule has 0 aliphatic rings. The summed E-state index contributed by atoms with van der Waals surface area (Å²) in [6.45, 7) is 0.0389. The molecule has 0 atom stereocenters. The first kappa shape index (κ1) is 23.1. The maximum Gasteiger partial charge on any atom is 0.416 e. The second-order valence-electron chi connectivity index (χ2n) is 7.13. The predicted molar refractivity (Wildman–Crippen MR) is 121 cm³/mol. The first-order valence-electron chi connectivity index (χ1n) is 9.83. The maximum absolute atomic E-state index is 12.8. The summed E-state index contributed by atoms with van der Waals surface area (Å²) in [5, 5.41) is 5.30. The van der Waals surface area contributed by atoms with Gasteiger partial charge in [0.1, 0.15) is 18.0 Å². The molecule has 0 spiro atoms. The third-order valence-electron chi connectivity index (χ3n) is 4.62. The molecule has 2 amide bonds. The van der Waals surface area contributed by atoms with Gasteiger partial charge in [0.25, 0.3) is 5.56 Å². The number of benzene rings is 2. The standard InChI is InChI=1S/C23H16ClF3N4O3/c24-15-4-9-20-28-18(11-21(32)31(20)12-15)13-34-19-7-5-16(6-8-19)29-22(33)30-17-3-1-2-14(10-17)23(25,26)27/h1-12H,13H2,(H2,29,30,33). The van der Waals surface area contributed by atoms with Crippen LogP contribution in [-0.4, -0.2) is 15.4 Å². The lowest BCUT2D eigenvalue weighted by Crippen LogP contribution is -2.19. The van der Waals surface area contributed by atoms with Gasteiger partial charge in [-0.15, -0.1) is 0 Å². The Morgan fingerprint density at radius 2 is 1.74 bits per heavy atom. The Bertz CT molecular complexity index is 1410. The Morgan fingerprint density at radius 3 is 2.47 bits per heavy atom. The Labute approximate surface area is 195 Å². The highest BCUT2D eigenvalue weighted by molar-refractivity contribution is 6.30. The minimum absolute atomic E-state index is 0.00772. The van der Waals surface area contributed by atoms with Crippen LogP contribution in [0.25, 0.3) is 5.65 Å². The minimum Gasteiger partial charge on any atom is -0.487 e. The number of aromatic nitrogens is 2. The predicted octanol–water partition coefficient (Wildman–Crippen LogP) is 5.59. The average Bonchev–Trinajstić information content (AvgIpc) is 2.79. The van der Waals surface area contributed by atoms with E-state index in [4.69, 9.17) is 16.3 Å². The Hall–Kier alpha value is -4.05. The molecule has 174 valence electrons. The van der Waals surface area contributed by atoms with Crippen molar-refractivity contribution in [2.45, 2.75) is 12.8 Å². The number of anilines is 2. The number of halogens is 4. The van der Waals surface area contributed by atoms with Crippen LogP contribution in [-0.2, 0) is 12.8 Å². The lowest BCUT2D eigenvalue weighted by molar-refractivity contribution is -0.137. The minimum atomic E-state index is -4.51.